The van der Waals surface area contributed by atoms with Crippen LogP contribution in [0.4, 0.5) is 5.69 Å². The van der Waals surface area contributed by atoms with Crippen molar-refractivity contribution in [1.29, 1.82) is 0 Å². The van der Waals surface area contributed by atoms with Crippen LogP contribution >= 0.6 is 0 Å². The molecule has 2 aromatic carbocycles. The number of anilines is 1. The maximum Gasteiger partial charge on any atom is 0.256 e. The van der Waals surface area contributed by atoms with E-state index < -0.39 is 0 Å². The van der Waals surface area contributed by atoms with E-state index in [1.807, 2.05) is 43.0 Å². The van der Waals surface area contributed by atoms with Crippen LogP contribution in [0.2, 0.25) is 0 Å². The Kier molecular flexibility index (Phi) is 6.15. The molecule has 0 unspecified atom stereocenters. The number of aryl methyl sites for hydroxylation is 2. The van der Waals surface area contributed by atoms with Gasteiger partial charge in [-0.3, -0.25) is 9.59 Å². The van der Waals surface area contributed by atoms with Crippen molar-refractivity contribution in [1.82, 2.24) is 4.90 Å². The zero-order chi connectivity index (χ0) is 20.3. The molecule has 1 aliphatic heterocycles. The highest BCUT2D eigenvalue weighted by molar-refractivity contribution is 6.00. The molecule has 1 amide bonds. The summed E-state index contributed by atoms with van der Waals surface area (Å²) in [5, 5.41) is 3.43. The second-order valence-electron chi connectivity index (χ2n) is 7.35. The minimum Gasteiger partial charge on any atom is -0.380 e. The average Bonchev–Trinajstić information content (AvgIpc) is 2.67. The molecule has 1 fully saturated rings. The highest BCUT2D eigenvalue weighted by Crippen LogP contribution is 2.25. The standard InChI is InChI=1S/C23H28N2O3/c1-15-13-16(2)22(18(4)26)17(3)20(15)14-24-21-8-6-5-7-19(21)23(27)25-9-11-28-12-10-25/h5-8,13,24H,9-12,14H2,1-4H3. The van der Waals surface area contributed by atoms with Crippen LogP contribution in [-0.4, -0.2) is 42.9 Å². The van der Waals surface area contributed by atoms with Crippen molar-refractivity contribution < 1.29 is 14.3 Å². The monoisotopic (exact) mass is 380 g/mol. The number of carbonyl (C=O) groups is 2. The largest absolute Gasteiger partial charge is 0.380 e. The van der Waals surface area contributed by atoms with Crippen LogP contribution in [0.5, 0.6) is 0 Å². The third kappa shape index (κ3) is 4.09. The number of carbonyl (C=O) groups excluding carboxylic acids is 2. The van der Waals surface area contributed by atoms with Crippen molar-refractivity contribution in [2.75, 3.05) is 31.6 Å². The fraction of sp³-hybridized carbons (Fsp3) is 0.391. The van der Waals surface area contributed by atoms with Gasteiger partial charge in [-0.25, -0.2) is 0 Å². The normalized spacial score (nSPS) is 14.1. The molecule has 28 heavy (non-hydrogen) atoms. The van der Waals surface area contributed by atoms with E-state index in [0.717, 1.165) is 33.5 Å². The number of Topliss-reactive ketones (excluding diaryl/α,β-unsaturated/α-hetero) is 1. The minimum atomic E-state index is 0.0215. The third-order valence-electron chi connectivity index (χ3n) is 5.39. The lowest BCUT2D eigenvalue weighted by atomic mass is 9.91. The van der Waals surface area contributed by atoms with Crippen molar-refractivity contribution in [2.24, 2.45) is 0 Å². The molecule has 0 atom stereocenters. The van der Waals surface area contributed by atoms with E-state index >= 15 is 0 Å². The molecule has 1 aliphatic rings. The lowest BCUT2D eigenvalue weighted by Gasteiger charge is -2.27. The first-order valence-electron chi connectivity index (χ1n) is 9.70. The SMILES string of the molecule is CC(=O)c1c(C)cc(C)c(CNc2ccccc2C(=O)N2CCOCC2)c1C. The van der Waals surface area contributed by atoms with Gasteiger partial charge in [0.2, 0.25) is 0 Å². The molecule has 0 spiro atoms. The van der Waals surface area contributed by atoms with Crippen molar-refractivity contribution in [2.45, 2.75) is 34.2 Å². The Morgan fingerprint density at radius 1 is 1.07 bits per heavy atom. The van der Waals surface area contributed by atoms with E-state index in [4.69, 9.17) is 4.74 Å². The molecular weight excluding hydrogens is 352 g/mol. The quantitative estimate of drug-likeness (QED) is 0.800. The molecule has 2 aromatic rings. The molecule has 1 saturated heterocycles. The molecular formula is C23H28N2O3. The number of amides is 1. The number of para-hydroxylation sites is 1. The van der Waals surface area contributed by atoms with Crippen molar-refractivity contribution in [3.63, 3.8) is 0 Å². The Balaban J connectivity index is 1.85. The molecule has 0 bridgehead atoms. The van der Waals surface area contributed by atoms with E-state index in [-0.39, 0.29) is 11.7 Å². The number of ketones is 1. The van der Waals surface area contributed by atoms with Crippen LogP contribution in [-0.2, 0) is 11.3 Å². The summed E-state index contributed by atoms with van der Waals surface area (Å²) in [6.45, 7) is 10.6. The highest BCUT2D eigenvalue weighted by atomic mass is 16.5. The van der Waals surface area contributed by atoms with Crippen molar-refractivity contribution in [3.05, 3.63) is 63.7 Å². The smallest absolute Gasteiger partial charge is 0.256 e. The number of ether oxygens (including phenoxy) is 1. The van der Waals surface area contributed by atoms with Crippen LogP contribution in [0.3, 0.4) is 0 Å². The number of hydrogen-bond donors (Lipinski definition) is 1. The van der Waals surface area contributed by atoms with Crippen LogP contribution in [0.1, 0.15) is 49.9 Å². The summed E-state index contributed by atoms with van der Waals surface area (Å²) in [5.41, 5.74) is 6.53. The van der Waals surface area contributed by atoms with Gasteiger partial charge >= 0.3 is 0 Å². The van der Waals surface area contributed by atoms with Gasteiger partial charge in [0.05, 0.1) is 18.8 Å². The fourth-order valence-corrected chi connectivity index (χ4v) is 3.98. The van der Waals surface area contributed by atoms with Gasteiger partial charge < -0.3 is 15.0 Å². The minimum absolute atomic E-state index is 0.0215. The maximum atomic E-state index is 12.9. The fourth-order valence-electron chi connectivity index (χ4n) is 3.98. The number of nitrogens with zero attached hydrogens (tertiary/aromatic N) is 1. The second-order valence-corrected chi connectivity index (χ2v) is 7.35. The summed E-state index contributed by atoms with van der Waals surface area (Å²) in [7, 11) is 0. The van der Waals surface area contributed by atoms with Crippen LogP contribution in [0.25, 0.3) is 0 Å². The Bertz CT molecular complexity index is 899. The van der Waals surface area contributed by atoms with Crippen molar-refractivity contribution >= 4 is 17.4 Å². The lowest BCUT2D eigenvalue weighted by Crippen LogP contribution is -2.40. The lowest BCUT2D eigenvalue weighted by molar-refractivity contribution is 0.0303. The molecule has 1 heterocycles. The summed E-state index contributed by atoms with van der Waals surface area (Å²) in [4.78, 5) is 26.8. The maximum absolute atomic E-state index is 12.9. The summed E-state index contributed by atoms with van der Waals surface area (Å²) in [6, 6.07) is 9.66. The zero-order valence-electron chi connectivity index (χ0n) is 17.1. The van der Waals surface area contributed by atoms with E-state index in [1.54, 1.807) is 6.92 Å². The molecule has 0 aromatic heterocycles. The molecule has 0 radical (unpaired) electrons. The van der Waals surface area contributed by atoms with Crippen molar-refractivity contribution in [3.8, 4) is 0 Å². The first-order chi connectivity index (χ1) is 13.4. The van der Waals surface area contributed by atoms with Gasteiger partial charge in [-0.05, 0) is 62.1 Å². The number of morpholine rings is 1. The molecule has 3 rings (SSSR count). The molecule has 148 valence electrons. The predicted octanol–water partition coefficient (Wildman–Crippen LogP) is 3.90. The van der Waals surface area contributed by atoms with Gasteiger partial charge in [0.25, 0.3) is 5.91 Å². The Morgan fingerprint density at radius 3 is 2.43 bits per heavy atom. The number of nitrogens with one attached hydrogen (secondary N) is 1. The van der Waals surface area contributed by atoms with Gasteiger partial charge in [0.15, 0.2) is 5.78 Å². The summed E-state index contributed by atoms with van der Waals surface area (Å²) in [5.74, 6) is 0.104. The third-order valence-corrected chi connectivity index (χ3v) is 5.39. The molecule has 0 saturated carbocycles. The predicted molar refractivity (Wildman–Crippen MR) is 111 cm³/mol. The number of hydrogen-bond acceptors (Lipinski definition) is 4. The highest BCUT2D eigenvalue weighted by Gasteiger charge is 2.21. The first-order valence-corrected chi connectivity index (χ1v) is 9.70. The van der Waals surface area contributed by atoms with Gasteiger partial charge in [0, 0.05) is 30.9 Å². The first kappa shape index (κ1) is 20.1. The van der Waals surface area contributed by atoms with E-state index in [1.165, 1.54) is 0 Å². The zero-order valence-corrected chi connectivity index (χ0v) is 17.1. The van der Waals surface area contributed by atoms with Crippen LogP contribution in [0, 0.1) is 20.8 Å². The Hall–Kier alpha value is -2.66. The summed E-state index contributed by atoms with van der Waals surface area (Å²) >= 11 is 0. The summed E-state index contributed by atoms with van der Waals surface area (Å²) < 4.78 is 5.35. The van der Waals surface area contributed by atoms with Crippen LogP contribution < -0.4 is 5.32 Å². The van der Waals surface area contributed by atoms with Gasteiger partial charge in [-0.15, -0.1) is 0 Å². The summed E-state index contributed by atoms with van der Waals surface area (Å²) in [6.07, 6.45) is 0. The topological polar surface area (TPSA) is 58.6 Å². The van der Waals surface area contributed by atoms with Gasteiger partial charge in [0.1, 0.15) is 0 Å². The number of benzene rings is 2. The number of rotatable bonds is 5. The Labute approximate surface area is 166 Å². The van der Waals surface area contributed by atoms with Crippen LogP contribution in [0.15, 0.2) is 30.3 Å². The molecule has 1 N–H and O–H groups in total. The van der Waals surface area contributed by atoms with E-state index in [2.05, 4.69) is 18.3 Å². The van der Waals surface area contributed by atoms with E-state index in [9.17, 15) is 9.59 Å². The Morgan fingerprint density at radius 2 is 1.75 bits per heavy atom. The van der Waals surface area contributed by atoms with Gasteiger partial charge in [-0.1, -0.05) is 18.2 Å². The second kappa shape index (κ2) is 8.57. The van der Waals surface area contributed by atoms with E-state index in [0.29, 0.717) is 38.4 Å². The molecule has 0 aliphatic carbocycles. The molecule has 5 nitrogen and oxygen atoms in total. The average molecular weight is 380 g/mol. The van der Waals surface area contributed by atoms with Gasteiger partial charge in [-0.2, -0.15) is 0 Å². The molecule has 5 heteroatoms.